The topological polar surface area (TPSA) is 55.7 Å². The highest BCUT2D eigenvalue weighted by atomic mass is 16.5. The second kappa shape index (κ2) is 5.65. The Morgan fingerprint density at radius 1 is 0.950 bits per heavy atom. The van der Waals surface area contributed by atoms with Crippen LogP contribution in [0.3, 0.4) is 0 Å². The number of nitroso groups, excluding NO2 is 1. The highest BCUT2D eigenvalue weighted by Gasteiger charge is 2.23. The summed E-state index contributed by atoms with van der Waals surface area (Å²) in [6, 6.07) is 14.6. The Hall–Kier alpha value is -2.49. The highest BCUT2D eigenvalue weighted by molar-refractivity contribution is 5.48. The van der Waals surface area contributed by atoms with Crippen molar-refractivity contribution in [1.29, 1.82) is 0 Å². The van der Waals surface area contributed by atoms with Gasteiger partial charge in [0.2, 0.25) is 0 Å². The maximum Gasteiger partial charge on any atom is 0.298 e. The minimum absolute atomic E-state index is 0.221. The Balaban J connectivity index is 2.32. The molecular formula is C16H15NO3. The predicted octanol–water partition coefficient (Wildman–Crippen LogP) is 3.95. The van der Waals surface area contributed by atoms with Crippen LogP contribution in [0.5, 0.6) is 5.75 Å². The number of rotatable bonds is 5. The normalized spacial score (nSPS) is 10.9. The van der Waals surface area contributed by atoms with Gasteiger partial charge in [-0.2, -0.15) is 0 Å². The zero-order valence-corrected chi connectivity index (χ0v) is 11.4. The van der Waals surface area contributed by atoms with E-state index >= 15 is 0 Å². The smallest absolute Gasteiger partial charge is 0.298 e. The molecule has 0 fully saturated rings. The lowest BCUT2D eigenvalue weighted by atomic mass is 9.78. The van der Waals surface area contributed by atoms with E-state index < -0.39 is 0 Å². The first kappa shape index (κ1) is 13.9. The van der Waals surface area contributed by atoms with Crippen LogP contribution >= 0.6 is 0 Å². The lowest BCUT2D eigenvalue weighted by Crippen LogP contribution is -2.18. The molecule has 20 heavy (non-hydrogen) atoms. The molecule has 0 radical (unpaired) electrons. The molecule has 102 valence electrons. The van der Waals surface area contributed by atoms with Crippen LogP contribution in [0.4, 0.5) is 5.69 Å². The third-order valence-corrected chi connectivity index (χ3v) is 3.45. The van der Waals surface area contributed by atoms with Crippen molar-refractivity contribution < 1.29 is 9.53 Å². The zero-order valence-electron chi connectivity index (χ0n) is 11.4. The third-order valence-electron chi connectivity index (χ3n) is 3.45. The van der Waals surface area contributed by atoms with Crippen LogP contribution in [-0.4, -0.2) is 6.47 Å². The van der Waals surface area contributed by atoms with Crippen LogP contribution in [-0.2, 0) is 10.2 Å². The van der Waals surface area contributed by atoms with E-state index in [1.165, 1.54) is 0 Å². The second-order valence-electron chi connectivity index (χ2n) is 5.00. The van der Waals surface area contributed by atoms with E-state index in [4.69, 9.17) is 4.74 Å². The number of carbonyl (C=O) groups is 1. The molecule has 0 spiro atoms. The van der Waals surface area contributed by atoms with Gasteiger partial charge in [-0.3, -0.25) is 4.79 Å². The molecule has 0 amide bonds. The Labute approximate surface area is 117 Å². The van der Waals surface area contributed by atoms with Gasteiger partial charge in [0.15, 0.2) is 0 Å². The standard InChI is InChI=1S/C16H15NO3/c1-16(2,12-3-7-14(17-19)8-4-12)13-5-9-15(10-6-13)20-11-18/h3-11H,1-2H3. The largest absolute Gasteiger partial charge is 0.429 e. The summed E-state index contributed by atoms with van der Waals surface area (Å²) < 4.78 is 4.78. The number of hydrogen-bond acceptors (Lipinski definition) is 4. The van der Waals surface area contributed by atoms with E-state index in [-0.39, 0.29) is 5.41 Å². The Morgan fingerprint density at radius 2 is 1.45 bits per heavy atom. The van der Waals surface area contributed by atoms with Crippen LogP contribution in [0, 0.1) is 4.91 Å². The summed E-state index contributed by atoms with van der Waals surface area (Å²) >= 11 is 0. The molecule has 2 rings (SSSR count). The van der Waals surface area contributed by atoms with Gasteiger partial charge in [-0.15, -0.1) is 4.91 Å². The predicted molar refractivity (Wildman–Crippen MR) is 77.2 cm³/mol. The Bertz CT molecular complexity index is 601. The molecule has 0 saturated carbocycles. The number of carbonyl (C=O) groups excluding carboxylic acids is 1. The SMILES string of the molecule is CC(C)(c1ccc(N=O)cc1)c1ccc(OC=O)cc1. The molecule has 0 N–H and O–H groups in total. The van der Waals surface area contributed by atoms with E-state index in [0.717, 1.165) is 11.1 Å². The molecule has 0 aliphatic carbocycles. The van der Waals surface area contributed by atoms with Crippen LogP contribution in [0.15, 0.2) is 53.7 Å². The maximum absolute atomic E-state index is 10.4. The molecular weight excluding hydrogens is 254 g/mol. The maximum atomic E-state index is 10.4. The van der Waals surface area contributed by atoms with Gasteiger partial charge in [0.05, 0.1) is 0 Å². The summed E-state index contributed by atoms with van der Waals surface area (Å²) in [6.07, 6.45) is 0. The molecule has 0 unspecified atom stereocenters. The van der Waals surface area contributed by atoms with Gasteiger partial charge in [0, 0.05) is 5.41 Å². The number of benzene rings is 2. The number of hydrogen-bond donors (Lipinski definition) is 0. The van der Waals surface area contributed by atoms with Crippen molar-refractivity contribution in [2.75, 3.05) is 0 Å². The molecule has 4 nitrogen and oxygen atoms in total. The highest BCUT2D eigenvalue weighted by Crippen LogP contribution is 2.33. The van der Waals surface area contributed by atoms with Crippen LogP contribution in [0.2, 0.25) is 0 Å². The van der Waals surface area contributed by atoms with Crippen LogP contribution in [0.1, 0.15) is 25.0 Å². The molecule has 0 heterocycles. The van der Waals surface area contributed by atoms with E-state index in [0.29, 0.717) is 17.9 Å². The summed E-state index contributed by atoms with van der Waals surface area (Å²) in [6.45, 7) is 4.59. The van der Waals surface area contributed by atoms with Gasteiger partial charge in [-0.05, 0) is 40.6 Å². The van der Waals surface area contributed by atoms with Crippen molar-refractivity contribution in [3.63, 3.8) is 0 Å². The molecule has 0 aliphatic heterocycles. The van der Waals surface area contributed by atoms with Gasteiger partial charge in [0.1, 0.15) is 11.4 Å². The van der Waals surface area contributed by atoms with Gasteiger partial charge >= 0.3 is 0 Å². The van der Waals surface area contributed by atoms with Crippen LogP contribution in [0.25, 0.3) is 0 Å². The minimum atomic E-state index is -0.221. The summed E-state index contributed by atoms with van der Waals surface area (Å²) in [5.41, 5.74) is 2.36. The molecule has 0 aromatic heterocycles. The first-order valence-electron chi connectivity index (χ1n) is 6.22. The van der Waals surface area contributed by atoms with E-state index in [1.54, 1.807) is 24.3 Å². The number of ether oxygens (including phenoxy) is 1. The van der Waals surface area contributed by atoms with Gasteiger partial charge in [-0.1, -0.05) is 38.1 Å². The van der Waals surface area contributed by atoms with Crippen molar-refractivity contribution in [2.45, 2.75) is 19.3 Å². The van der Waals surface area contributed by atoms with Crippen molar-refractivity contribution >= 4 is 12.2 Å². The van der Waals surface area contributed by atoms with Crippen molar-refractivity contribution in [3.8, 4) is 5.75 Å². The van der Waals surface area contributed by atoms with Crippen molar-refractivity contribution in [2.24, 2.45) is 5.18 Å². The van der Waals surface area contributed by atoms with Crippen molar-refractivity contribution in [3.05, 3.63) is 64.6 Å². The van der Waals surface area contributed by atoms with Gasteiger partial charge < -0.3 is 4.74 Å². The second-order valence-corrected chi connectivity index (χ2v) is 5.00. The monoisotopic (exact) mass is 269 g/mol. The summed E-state index contributed by atoms with van der Waals surface area (Å²) in [5, 5.41) is 2.90. The van der Waals surface area contributed by atoms with Gasteiger partial charge in [-0.25, -0.2) is 0 Å². The molecule has 0 atom stereocenters. The molecule has 4 heteroatoms. The minimum Gasteiger partial charge on any atom is -0.429 e. The average molecular weight is 269 g/mol. The fourth-order valence-electron chi connectivity index (χ4n) is 2.11. The lowest BCUT2D eigenvalue weighted by molar-refractivity contribution is -0.120. The zero-order chi connectivity index (χ0) is 14.6. The first-order valence-corrected chi connectivity index (χ1v) is 6.22. The van der Waals surface area contributed by atoms with Gasteiger partial charge in [0.25, 0.3) is 6.47 Å². The fraction of sp³-hybridized carbons (Fsp3) is 0.188. The number of nitrogens with zero attached hydrogens (tertiary/aromatic N) is 1. The molecule has 0 aliphatic rings. The average Bonchev–Trinajstić information content (AvgIpc) is 2.48. The van der Waals surface area contributed by atoms with Crippen molar-refractivity contribution in [1.82, 2.24) is 0 Å². The quantitative estimate of drug-likeness (QED) is 0.610. The first-order chi connectivity index (χ1) is 9.57. The fourth-order valence-corrected chi connectivity index (χ4v) is 2.11. The summed E-state index contributed by atoms with van der Waals surface area (Å²) in [7, 11) is 0. The third kappa shape index (κ3) is 2.74. The molecule has 0 bridgehead atoms. The van der Waals surface area contributed by atoms with E-state index in [1.807, 2.05) is 24.3 Å². The van der Waals surface area contributed by atoms with E-state index in [2.05, 4.69) is 19.0 Å². The van der Waals surface area contributed by atoms with Crippen LogP contribution < -0.4 is 4.74 Å². The molecule has 2 aromatic carbocycles. The summed E-state index contributed by atoms with van der Waals surface area (Å²) in [4.78, 5) is 20.7. The Morgan fingerprint density at radius 3 is 1.90 bits per heavy atom. The lowest BCUT2D eigenvalue weighted by Gasteiger charge is -2.26. The Kier molecular flexibility index (Phi) is 3.94. The van der Waals surface area contributed by atoms with E-state index in [9.17, 15) is 9.70 Å². The molecule has 0 saturated heterocycles. The molecule has 2 aromatic rings. The summed E-state index contributed by atoms with van der Waals surface area (Å²) in [5.74, 6) is 0.514.